The molecule has 124 valence electrons. The molecular formula is C17H25N5O. The van der Waals surface area contributed by atoms with Gasteiger partial charge >= 0.3 is 0 Å². The molecule has 1 aliphatic heterocycles. The lowest BCUT2D eigenvalue weighted by Gasteiger charge is -2.32. The summed E-state index contributed by atoms with van der Waals surface area (Å²) in [6, 6.07) is 4.13. The van der Waals surface area contributed by atoms with Gasteiger partial charge < -0.3 is 9.64 Å². The van der Waals surface area contributed by atoms with E-state index in [1.165, 1.54) is 12.8 Å². The summed E-state index contributed by atoms with van der Waals surface area (Å²) >= 11 is 0. The summed E-state index contributed by atoms with van der Waals surface area (Å²) in [4.78, 5) is 11.8. The first-order valence-corrected chi connectivity index (χ1v) is 8.22. The van der Waals surface area contributed by atoms with Crippen molar-refractivity contribution >= 4 is 0 Å². The summed E-state index contributed by atoms with van der Waals surface area (Å²) < 4.78 is 7.07. The lowest BCUT2D eigenvalue weighted by molar-refractivity contribution is 0.127. The number of hydrogen-bond acceptors (Lipinski definition) is 5. The molecule has 6 heteroatoms. The maximum absolute atomic E-state index is 5.21. The summed E-state index contributed by atoms with van der Waals surface area (Å²) in [7, 11) is 3.70. The molecule has 1 unspecified atom stereocenters. The molecule has 0 radical (unpaired) electrons. The molecule has 1 saturated heterocycles. The molecule has 3 heterocycles. The third-order valence-corrected chi connectivity index (χ3v) is 4.48. The van der Waals surface area contributed by atoms with E-state index >= 15 is 0 Å². The van der Waals surface area contributed by atoms with Gasteiger partial charge in [0.25, 0.3) is 0 Å². The first kappa shape index (κ1) is 16.1. The summed E-state index contributed by atoms with van der Waals surface area (Å²) in [6.45, 7) is 5.94. The predicted octanol–water partition coefficient (Wildman–Crippen LogP) is 2.01. The summed E-state index contributed by atoms with van der Waals surface area (Å²) in [6.07, 6.45) is 4.20. The van der Waals surface area contributed by atoms with Crippen molar-refractivity contribution in [2.75, 3.05) is 33.4 Å². The maximum Gasteiger partial charge on any atom is 0.126 e. The molecule has 23 heavy (non-hydrogen) atoms. The van der Waals surface area contributed by atoms with E-state index in [0.29, 0.717) is 5.92 Å². The van der Waals surface area contributed by atoms with Crippen LogP contribution in [0.3, 0.4) is 0 Å². The SMILES string of the molecule is COCCN1CCCC(c2cc(-c3ccnn3C)nc(C)n2)C1. The molecule has 0 bridgehead atoms. The number of piperidine rings is 1. The molecule has 3 rings (SSSR count). The van der Waals surface area contributed by atoms with Gasteiger partial charge in [-0.15, -0.1) is 0 Å². The van der Waals surface area contributed by atoms with Gasteiger partial charge in [0.15, 0.2) is 0 Å². The van der Waals surface area contributed by atoms with Crippen LogP contribution in [0.4, 0.5) is 0 Å². The highest BCUT2D eigenvalue weighted by molar-refractivity contribution is 5.54. The Balaban J connectivity index is 1.82. The Morgan fingerprint density at radius 1 is 1.35 bits per heavy atom. The maximum atomic E-state index is 5.21. The highest BCUT2D eigenvalue weighted by atomic mass is 16.5. The minimum absolute atomic E-state index is 0.467. The topological polar surface area (TPSA) is 56.1 Å². The molecular weight excluding hydrogens is 290 g/mol. The van der Waals surface area contributed by atoms with Gasteiger partial charge in [-0.3, -0.25) is 4.68 Å². The highest BCUT2D eigenvalue weighted by Crippen LogP contribution is 2.28. The average molecular weight is 315 g/mol. The quantitative estimate of drug-likeness (QED) is 0.845. The Morgan fingerprint density at radius 2 is 2.22 bits per heavy atom. The van der Waals surface area contributed by atoms with Gasteiger partial charge in [-0.05, 0) is 38.4 Å². The van der Waals surface area contributed by atoms with E-state index in [1.807, 2.05) is 24.7 Å². The molecule has 0 amide bonds. The molecule has 2 aromatic rings. The van der Waals surface area contributed by atoms with Crippen molar-refractivity contribution in [3.8, 4) is 11.4 Å². The van der Waals surface area contributed by atoms with Crippen LogP contribution in [0.5, 0.6) is 0 Å². The van der Waals surface area contributed by atoms with Gasteiger partial charge in [0.05, 0.1) is 18.0 Å². The molecule has 0 aromatic carbocycles. The number of likely N-dealkylation sites (tertiary alicyclic amines) is 1. The Hall–Kier alpha value is -1.79. The van der Waals surface area contributed by atoms with E-state index in [1.54, 1.807) is 13.3 Å². The molecule has 0 N–H and O–H groups in total. The number of methoxy groups -OCH3 is 1. The van der Waals surface area contributed by atoms with Gasteiger partial charge in [0, 0.05) is 45.1 Å². The minimum Gasteiger partial charge on any atom is -0.383 e. The largest absolute Gasteiger partial charge is 0.383 e. The van der Waals surface area contributed by atoms with Crippen molar-refractivity contribution in [3.05, 3.63) is 29.8 Å². The Labute approximate surface area is 137 Å². The van der Waals surface area contributed by atoms with E-state index in [0.717, 1.165) is 49.1 Å². The van der Waals surface area contributed by atoms with Gasteiger partial charge in [0.2, 0.25) is 0 Å². The normalized spacial score (nSPS) is 19.2. The second-order valence-electron chi connectivity index (χ2n) is 6.20. The average Bonchev–Trinajstić information content (AvgIpc) is 2.99. The summed E-state index contributed by atoms with van der Waals surface area (Å²) in [5, 5.41) is 4.24. The zero-order chi connectivity index (χ0) is 16.2. The molecule has 0 saturated carbocycles. The van der Waals surface area contributed by atoms with Crippen LogP contribution in [0.1, 0.15) is 30.3 Å². The van der Waals surface area contributed by atoms with E-state index in [9.17, 15) is 0 Å². The smallest absolute Gasteiger partial charge is 0.126 e. The standard InChI is InChI=1S/C17H25N5O/c1-13-19-15(11-16(20-13)17-6-7-18-21(17)2)14-5-4-8-22(12-14)9-10-23-3/h6-7,11,14H,4-5,8-10,12H2,1-3H3. The Kier molecular flexibility index (Phi) is 5.03. The molecule has 0 aliphatic carbocycles. The summed E-state index contributed by atoms with van der Waals surface area (Å²) in [5.74, 6) is 1.29. The van der Waals surface area contributed by atoms with E-state index in [-0.39, 0.29) is 0 Å². The fourth-order valence-electron chi connectivity index (χ4n) is 3.28. The van der Waals surface area contributed by atoms with Crippen LogP contribution in [-0.2, 0) is 11.8 Å². The minimum atomic E-state index is 0.467. The Morgan fingerprint density at radius 3 is 2.96 bits per heavy atom. The second-order valence-corrected chi connectivity index (χ2v) is 6.20. The van der Waals surface area contributed by atoms with Crippen molar-refractivity contribution < 1.29 is 4.74 Å². The highest BCUT2D eigenvalue weighted by Gasteiger charge is 2.23. The van der Waals surface area contributed by atoms with Crippen LogP contribution in [0.25, 0.3) is 11.4 Å². The first-order valence-electron chi connectivity index (χ1n) is 8.22. The van der Waals surface area contributed by atoms with Gasteiger partial charge in [-0.25, -0.2) is 9.97 Å². The van der Waals surface area contributed by atoms with Crippen molar-refractivity contribution in [2.24, 2.45) is 7.05 Å². The molecule has 1 fully saturated rings. The number of nitrogens with zero attached hydrogens (tertiary/aromatic N) is 5. The monoisotopic (exact) mass is 315 g/mol. The fourth-order valence-corrected chi connectivity index (χ4v) is 3.28. The predicted molar refractivity (Wildman–Crippen MR) is 89.3 cm³/mol. The third kappa shape index (κ3) is 3.76. The number of aryl methyl sites for hydroxylation is 2. The van der Waals surface area contributed by atoms with Crippen LogP contribution in [-0.4, -0.2) is 58.0 Å². The molecule has 1 atom stereocenters. The van der Waals surface area contributed by atoms with Crippen LogP contribution in [0.2, 0.25) is 0 Å². The van der Waals surface area contributed by atoms with Crippen LogP contribution < -0.4 is 0 Å². The zero-order valence-electron chi connectivity index (χ0n) is 14.2. The van der Waals surface area contributed by atoms with Crippen LogP contribution >= 0.6 is 0 Å². The molecule has 1 aliphatic rings. The molecule has 2 aromatic heterocycles. The molecule has 0 spiro atoms. The lowest BCUT2D eigenvalue weighted by Crippen LogP contribution is -2.36. The van der Waals surface area contributed by atoms with Gasteiger partial charge in [-0.2, -0.15) is 5.10 Å². The summed E-state index contributed by atoms with van der Waals surface area (Å²) in [5.41, 5.74) is 3.14. The van der Waals surface area contributed by atoms with Gasteiger partial charge in [0.1, 0.15) is 5.82 Å². The van der Waals surface area contributed by atoms with Crippen molar-refractivity contribution in [2.45, 2.75) is 25.7 Å². The van der Waals surface area contributed by atoms with Crippen molar-refractivity contribution in [1.82, 2.24) is 24.6 Å². The molecule has 6 nitrogen and oxygen atoms in total. The number of hydrogen-bond donors (Lipinski definition) is 0. The van der Waals surface area contributed by atoms with Crippen molar-refractivity contribution in [1.29, 1.82) is 0 Å². The van der Waals surface area contributed by atoms with E-state index < -0.39 is 0 Å². The fraction of sp³-hybridized carbons (Fsp3) is 0.588. The second kappa shape index (κ2) is 7.19. The zero-order valence-corrected chi connectivity index (χ0v) is 14.2. The van der Waals surface area contributed by atoms with Crippen LogP contribution in [0, 0.1) is 6.92 Å². The third-order valence-electron chi connectivity index (χ3n) is 4.48. The Bertz CT molecular complexity index is 654. The number of rotatable bonds is 5. The first-order chi connectivity index (χ1) is 11.2. The van der Waals surface area contributed by atoms with Crippen LogP contribution in [0.15, 0.2) is 18.3 Å². The van der Waals surface area contributed by atoms with Crippen molar-refractivity contribution in [3.63, 3.8) is 0 Å². The number of ether oxygens (including phenoxy) is 1. The van der Waals surface area contributed by atoms with E-state index in [4.69, 9.17) is 9.72 Å². The lowest BCUT2D eigenvalue weighted by atomic mass is 9.94. The van der Waals surface area contributed by atoms with E-state index in [2.05, 4.69) is 21.0 Å². The van der Waals surface area contributed by atoms with Gasteiger partial charge in [-0.1, -0.05) is 0 Å². The number of aromatic nitrogens is 4.